The first kappa shape index (κ1) is 10.6. The Hall–Kier alpha value is -1.51. The second-order valence-electron chi connectivity index (χ2n) is 3.28. The fraction of sp³-hybridized carbons (Fsp3) is 0.364. The van der Waals surface area contributed by atoms with Crippen molar-refractivity contribution in [2.24, 2.45) is 0 Å². The van der Waals surface area contributed by atoms with Gasteiger partial charge >= 0.3 is 5.97 Å². The summed E-state index contributed by atoms with van der Waals surface area (Å²) in [6, 6.07) is 7.49. The van der Waals surface area contributed by atoms with Crippen molar-refractivity contribution < 1.29 is 14.6 Å². The third-order valence-corrected chi connectivity index (χ3v) is 2.14. The van der Waals surface area contributed by atoms with Crippen molar-refractivity contribution in [3.05, 3.63) is 29.8 Å². The second kappa shape index (κ2) is 4.65. The Bertz CT molecular complexity index is 320. The zero-order chi connectivity index (χ0) is 10.6. The summed E-state index contributed by atoms with van der Waals surface area (Å²) < 4.78 is 5.06. The van der Waals surface area contributed by atoms with Crippen molar-refractivity contribution in [3.63, 3.8) is 0 Å². The summed E-state index contributed by atoms with van der Waals surface area (Å²) in [5.41, 5.74) is 0.992. The van der Waals surface area contributed by atoms with Gasteiger partial charge in [0.05, 0.1) is 13.5 Å². The van der Waals surface area contributed by atoms with Gasteiger partial charge in [0, 0.05) is 0 Å². The number of carboxylic acids is 1. The van der Waals surface area contributed by atoms with Gasteiger partial charge in [-0.2, -0.15) is 0 Å². The highest BCUT2D eigenvalue weighted by atomic mass is 16.5. The van der Waals surface area contributed by atoms with E-state index in [0.29, 0.717) is 0 Å². The standard InChI is InChI=1S/C11H14O3/c1-8(6-11(12)13)9-4-3-5-10(7-9)14-2/h3-5,7-8H,6H2,1-2H3,(H,12,13). The number of aliphatic carboxylic acids is 1. The Morgan fingerprint density at radius 2 is 2.29 bits per heavy atom. The quantitative estimate of drug-likeness (QED) is 0.799. The third kappa shape index (κ3) is 2.76. The van der Waals surface area contributed by atoms with Crippen molar-refractivity contribution in [1.82, 2.24) is 0 Å². The molecule has 0 aliphatic heterocycles. The molecule has 0 saturated heterocycles. The molecule has 1 aromatic rings. The van der Waals surface area contributed by atoms with Gasteiger partial charge in [0.25, 0.3) is 0 Å². The number of benzene rings is 1. The van der Waals surface area contributed by atoms with Crippen molar-refractivity contribution in [1.29, 1.82) is 0 Å². The Labute approximate surface area is 83.3 Å². The van der Waals surface area contributed by atoms with Crippen LogP contribution in [0.5, 0.6) is 5.75 Å². The van der Waals surface area contributed by atoms with E-state index in [1.54, 1.807) is 7.11 Å². The first-order valence-corrected chi connectivity index (χ1v) is 4.49. The lowest BCUT2D eigenvalue weighted by Crippen LogP contribution is -2.02. The molecule has 76 valence electrons. The molecule has 14 heavy (non-hydrogen) atoms. The van der Waals surface area contributed by atoms with Gasteiger partial charge in [0.1, 0.15) is 5.75 Å². The molecule has 0 bridgehead atoms. The Morgan fingerprint density at radius 3 is 2.86 bits per heavy atom. The molecule has 3 heteroatoms. The lowest BCUT2D eigenvalue weighted by Gasteiger charge is -2.10. The molecule has 1 atom stereocenters. The van der Waals surface area contributed by atoms with Crippen LogP contribution in [0.2, 0.25) is 0 Å². The molecular weight excluding hydrogens is 180 g/mol. The molecule has 0 saturated carbocycles. The summed E-state index contributed by atoms with van der Waals surface area (Å²) in [5, 5.41) is 8.64. The molecule has 3 nitrogen and oxygen atoms in total. The summed E-state index contributed by atoms with van der Waals surface area (Å²) in [4.78, 5) is 10.5. The molecule has 0 aromatic heterocycles. The highest BCUT2D eigenvalue weighted by Crippen LogP contribution is 2.22. The van der Waals surface area contributed by atoms with Gasteiger partial charge in [0.15, 0.2) is 0 Å². The minimum Gasteiger partial charge on any atom is -0.497 e. The first-order valence-electron chi connectivity index (χ1n) is 4.49. The van der Waals surface area contributed by atoms with Gasteiger partial charge in [-0.1, -0.05) is 19.1 Å². The number of rotatable bonds is 4. The number of hydrogen-bond donors (Lipinski definition) is 1. The average Bonchev–Trinajstić information content (AvgIpc) is 2.17. The van der Waals surface area contributed by atoms with Crippen LogP contribution in [0.1, 0.15) is 24.8 Å². The van der Waals surface area contributed by atoms with Crippen LogP contribution < -0.4 is 4.74 Å². The molecule has 0 aliphatic rings. The summed E-state index contributed by atoms with van der Waals surface area (Å²) in [7, 11) is 1.60. The van der Waals surface area contributed by atoms with Crippen LogP contribution >= 0.6 is 0 Å². The normalized spacial score (nSPS) is 12.1. The van der Waals surface area contributed by atoms with E-state index >= 15 is 0 Å². The Morgan fingerprint density at radius 1 is 1.57 bits per heavy atom. The summed E-state index contributed by atoms with van der Waals surface area (Å²) in [6.45, 7) is 1.89. The maximum Gasteiger partial charge on any atom is 0.303 e. The summed E-state index contributed by atoms with van der Waals surface area (Å²) in [5.74, 6) is 0.00246. The minimum atomic E-state index is -0.777. The smallest absolute Gasteiger partial charge is 0.303 e. The molecule has 1 N–H and O–H groups in total. The molecule has 0 amide bonds. The molecule has 0 radical (unpaired) electrons. The van der Waals surface area contributed by atoms with Crippen LogP contribution in [0.15, 0.2) is 24.3 Å². The Kier molecular flexibility index (Phi) is 3.51. The van der Waals surface area contributed by atoms with Crippen LogP contribution in [0.3, 0.4) is 0 Å². The van der Waals surface area contributed by atoms with E-state index in [1.165, 1.54) is 0 Å². The van der Waals surface area contributed by atoms with Crippen LogP contribution in [-0.2, 0) is 4.79 Å². The van der Waals surface area contributed by atoms with Crippen molar-refractivity contribution in [3.8, 4) is 5.75 Å². The monoisotopic (exact) mass is 194 g/mol. The lowest BCUT2D eigenvalue weighted by atomic mass is 9.98. The Balaban J connectivity index is 2.78. The van der Waals surface area contributed by atoms with Gasteiger partial charge in [-0.15, -0.1) is 0 Å². The van der Waals surface area contributed by atoms with E-state index in [1.807, 2.05) is 31.2 Å². The van der Waals surface area contributed by atoms with E-state index < -0.39 is 5.97 Å². The third-order valence-electron chi connectivity index (χ3n) is 2.14. The molecular formula is C11H14O3. The SMILES string of the molecule is COc1cccc(C(C)CC(=O)O)c1. The molecule has 0 heterocycles. The van der Waals surface area contributed by atoms with Crippen LogP contribution in [0.25, 0.3) is 0 Å². The maximum atomic E-state index is 10.5. The zero-order valence-electron chi connectivity index (χ0n) is 8.36. The van der Waals surface area contributed by atoms with Gasteiger partial charge in [-0.3, -0.25) is 4.79 Å². The van der Waals surface area contributed by atoms with E-state index in [9.17, 15) is 4.79 Å². The largest absolute Gasteiger partial charge is 0.497 e. The zero-order valence-corrected chi connectivity index (χ0v) is 8.36. The molecule has 1 unspecified atom stereocenters. The molecule has 0 fully saturated rings. The van der Waals surface area contributed by atoms with E-state index in [0.717, 1.165) is 11.3 Å². The van der Waals surface area contributed by atoms with Crippen molar-refractivity contribution >= 4 is 5.97 Å². The van der Waals surface area contributed by atoms with E-state index in [4.69, 9.17) is 9.84 Å². The number of methoxy groups -OCH3 is 1. The van der Waals surface area contributed by atoms with Gasteiger partial charge in [0.2, 0.25) is 0 Å². The summed E-state index contributed by atoms with van der Waals surface area (Å²) >= 11 is 0. The van der Waals surface area contributed by atoms with Crippen molar-refractivity contribution in [2.45, 2.75) is 19.3 Å². The predicted molar refractivity (Wildman–Crippen MR) is 53.7 cm³/mol. The highest BCUT2D eigenvalue weighted by Gasteiger charge is 2.10. The summed E-state index contributed by atoms with van der Waals surface area (Å²) in [6.07, 6.45) is 0.146. The second-order valence-corrected chi connectivity index (χ2v) is 3.28. The number of hydrogen-bond acceptors (Lipinski definition) is 2. The molecule has 1 rings (SSSR count). The van der Waals surface area contributed by atoms with Gasteiger partial charge in [-0.25, -0.2) is 0 Å². The van der Waals surface area contributed by atoms with Crippen LogP contribution in [0.4, 0.5) is 0 Å². The van der Waals surface area contributed by atoms with E-state index in [2.05, 4.69) is 0 Å². The fourth-order valence-corrected chi connectivity index (χ4v) is 1.33. The average molecular weight is 194 g/mol. The molecule has 0 spiro atoms. The topological polar surface area (TPSA) is 46.5 Å². The van der Waals surface area contributed by atoms with Gasteiger partial charge in [-0.05, 0) is 23.6 Å². The molecule has 0 aliphatic carbocycles. The van der Waals surface area contributed by atoms with Crippen LogP contribution in [-0.4, -0.2) is 18.2 Å². The van der Waals surface area contributed by atoms with E-state index in [-0.39, 0.29) is 12.3 Å². The first-order chi connectivity index (χ1) is 6.63. The number of carboxylic acid groups (broad SMARTS) is 1. The predicted octanol–water partition coefficient (Wildman–Crippen LogP) is 2.27. The fourth-order valence-electron chi connectivity index (χ4n) is 1.33. The maximum absolute atomic E-state index is 10.5. The van der Waals surface area contributed by atoms with Crippen LogP contribution in [0, 0.1) is 0 Å². The number of ether oxygens (including phenoxy) is 1. The highest BCUT2D eigenvalue weighted by molar-refractivity contribution is 5.68. The lowest BCUT2D eigenvalue weighted by molar-refractivity contribution is -0.137. The number of carbonyl (C=O) groups is 1. The van der Waals surface area contributed by atoms with Crippen molar-refractivity contribution in [2.75, 3.05) is 7.11 Å². The molecule has 1 aromatic carbocycles. The minimum absolute atomic E-state index is 0.0163. The van der Waals surface area contributed by atoms with Gasteiger partial charge < -0.3 is 9.84 Å².